The Morgan fingerprint density at radius 3 is 2.52 bits per heavy atom. The number of nitrogens with zero attached hydrogens (tertiary/aromatic N) is 3. The van der Waals surface area contributed by atoms with Gasteiger partial charge in [0.2, 0.25) is 0 Å². The Morgan fingerprint density at radius 1 is 1.07 bits per heavy atom. The van der Waals surface area contributed by atoms with E-state index in [2.05, 4.69) is 25.1 Å². The SMILES string of the molecule is Cc1c(Sc2ncn[nH]2)cc(NS(=O)(=O)c2ccccc2N=O)c2ccccc12. The van der Waals surface area contributed by atoms with Gasteiger partial charge in [-0.15, -0.1) is 4.91 Å². The highest BCUT2D eigenvalue weighted by Gasteiger charge is 2.21. The smallest absolute Gasteiger partial charge is 0.264 e. The summed E-state index contributed by atoms with van der Waals surface area (Å²) in [6, 6.07) is 15.1. The molecule has 0 amide bonds. The van der Waals surface area contributed by atoms with E-state index in [0.717, 1.165) is 21.2 Å². The summed E-state index contributed by atoms with van der Waals surface area (Å²) in [5.41, 5.74) is 1.24. The van der Waals surface area contributed by atoms with Gasteiger partial charge >= 0.3 is 0 Å². The van der Waals surface area contributed by atoms with Crippen molar-refractivity contribution in [2.24, 2.45) is 5.18 Å². The molecule has 0 atom stereocenters. The molecule has 2 N–H and O–H groups in total. The van der Waals surface area contributed by atoms with Crippen LogP contribution in [0.5, 0.6) is 0 Å². The molecule has 10 heteroatoms. The summed E-state index contributed by atoms with van der Waals surface area (Å²) in [6.07, 6.45) is 1.41. The van der Waals surface area contributed by atoms with E-state index in [-0.39, 0.29) is 10.6 Å². The van der Waals surface area contributed by atoms with Crippen LogP contribution in [0.2, 0.25) is 0 Å². The molecule has 0 aliphatic rings. The summed E-state index contributed by atoms with van der Waals surface area (Å²) >= 11 is 1.35. The fraction of sp³-hybridized carbons (Fsp3) is 0.0526. The van der Waals surface area contributed by atoms with Gasteiger partial charge in [-0.2, -0.15) is 5.10 Å². The third kappa shape index (κ3) is 3.71. The third-order valence-corrected chi connectivity index (χ3v) is 6.81. The van der Waals surface area contributed by atoms with E-state index in [1.54, 1.807) is 18.2 Å². The highest BCUT2D eigenvalue weighted by atomic mass is 32.2. The number of nitrogens with one attached hydrogen (secondary N) is 2. The first kappa shape index (κ1) is 19.1. The molecule has 8 nitrogen and oxygen atoms in total. The maximum Gasteiger partial charge on any atom is 0.264 e. The first-order chi connectivity index (χ1) is 14.0. The molecular weight excluding hydrogens is 410 g/mol. The molecule has 3 aromatic carbocycles. The number of benzene rings is 3. The molecule has 0 unspecified atom stereocenters. The molecule has 0 bridgehead atoms. The van der Waals surface area contributed by atoms with Crippen LogP contribution in [0.3, 0.4) is 0 Å². The van der Waals surface area contributed by atoms with Gasteiger partial charge in [0, 0.05) is 10.3 Å². The first-order valence-electron chi connectivity index (χ1n) is 8.50. The number of aryl methyl sites for hydroxylation is 1. The van der Waals surface area contributed by atoms with E-state index < -0.39 is 10.0 Å². The number of H-pyrrole nitrogens is 1. The molecule has 0 aliphatic carbocycles. The zero-order valence-electron chi connectivity index (χ0n) is 15.2. The Bertz CT molecular complexity index is 1300. The van der Waals surface area contributed by atoms with Gasteiger partial charge in [-0.05, 0) is 53.0 Å². The van der Waals surface area contributed by atoms with E-state index in [0.29, 0.717) is 10.8 Å². The number of sulfonamides is 1. The second-order valence-electron chi connectivity index (χ2n) is 6.15. The summed E-state index contributed by atoms with van der Waals surface area (Å²) in [4.78, 5) is 15.8. The van der Waals surface area contributed by atoms with Crippen molar-refractivity contribution in [3.8, 4) is 0 Å². The highest BCUT2D eigenvalue weighted by molar-refractivity contribution is 7.99. The zero-order valence-corrected chi connectivity index (χ0v) is 16.8. The van der Waals surface area contributed by atoms with Gasteiger partial charge in [0.05, 0.1) is 5.69 Å². The van der Waals surface area contributed by atoms with E-state index in [1.807, 2.05) is 31.2 Å². The highest BCUT2D eigenvalue weighted by Crippen LogP contribution is 2.38. The Balaban J connectivity index is 1.84. The minimum atomic E-state index is -4.03. The zero-order chi connectivity index (χ0) is 20.4. The quantitative estimate of drug-likeness (QED) is 0.435. The number of hydrogen-bond donors (Lipinski definition) is 2. The number of nitroso groups, excluding NO2 is 1. The van der Waals surface area contributed by atoms with Crippen LogP contribution < -0.4 is 4.72 Å². The van der Waals surface area contributed by atoms with Crippen LogP contribution in [0.25, 0.3) is 10.8 Å². The third-order valence-electron chi connectivity index (χ3n) is 4.36. The molecule has 146 valence electrons. The molecule has 0 aliphatic heterocycles. The van der Waals surface area contributed by atoms with E-state index in [9.17, 15) is 13.3 Å². The molecular formula is C19H15N5O3S2. The van der Waals surface area contributed by atoms with Gasteiger partial charge in [0.1, 0.15) is 16.9 Å². The van der Waals surface area contributed by atoms with Crippen molar-refractivity contribution in [1.29, 1.82) is 0 Å². The maximum absolute atomic E-state index is 13.0. The van der Waals surface area contributed by atoms with E-state index >= 15 is 0 Å². The molecule has 0 radical (unpaired) electrons. The molecule has 4 rings (SSSR count). The minimum absolute atomic E-state index is 0.146. The van der Waals surface area contributed by atoms with E-state index in [4.69, 9.17) is 0 Å². The molecule has 1 heterocycles. The van der Waals surface area contributed by atoms with Crippen LogP contribution in [0, 0.1) is 11.8 Å². The molecule has 0 spiro atoms. The Hall–Kier alpha value is -3.24. The van der Waals surface area contributed by atoms with Gasteiger partial charge in [0.15, 0.2) is 5.16 Å². The van der Waals surface area contributed by atoms with Crippen molar-refractivity contribution in [1.82, 2.24) is 15.2 Å². The lowest BCUT2D eigenvalue weighted by molar-refractivity contribution is 0.601. The molecule has 0 saturated heterocycles. The van der Waals surface area contributed by atoms with Crippen molar-refractivity contribution in [2.45, 2.75) is 21.9 Å². The summed E-state index contributed by atoms with van der Waals surface area (Å²) in [7, 11) is -4.03. The summed E-state index contributed by atoms with van der Waals surface area (Å²) in [6.45, 7) is 1.96. The van der Waals surface area contributed by atoms with Gasteiger partial charge < -0.3 is 0 Å². The Kier molecular flexibility index (Phi) is 5.03. The van der Waals surface area contributed by atoms with Crippen LogP contribution in [0.4, 0.5) is 11.4 Å². The average Bonchev–Trinajstić information content (AvgIpc) is 3.24. The van der Waals surface area contributed by atoms with Crippen LogP contribution >= 0.6 is 11.8 Å². The topological polar surface area (TPSA) is 117 Å². The first-order valence-corrected chi connectivity index (χ1v) is 10.8. The van der Waals surface area contributed by atoms with Crippen molar-refractivity contribution in [2.75, 3.05) is 4.72 Å². The lowest BCUT2D eigenvalue weighted by Gasteiger charge is -2.15. The number of anilines is 1. The maximum atomic E-state index is 13.0. The fourth-order valence-electron chi connectivity index (χ4n) is 2.99. The molecule has 1 aromatic heterocycles. The van der Waals surface area contributed by atoms with Crippen molar-refractivity contribution in [3.05, 3.63) is 71.4 Å². The normalized spacial score (nSPS) is 11.5. The molecule has 29 heavy (non-hydrogen) atoms. The van der Waals surface area contributed by atoms with Crippen molar-refractivity contribution < 1.29 is 8.42 Å². The second-order valence-corrected chi connectivity index (χ2v) is 8.83. The lowest BCUT2D eigenvalue weighted by atomic mass is 10.0. The largest absolute Gasteiger partial charge is 0.279 e. The van der Waals surface area contributed by atoms with Crippen molar-refractivity contribution in [3.63, 3.8) is 0 Å². The number of rotatable bonds is 6. The summed E-state index contributed by atoms with van der Waals surface area (Å²) in [5.74, 6) is 0. The van der Waals surface area contributed by atoms with Crippen LogP contribution in [0.15, 0.2) is 81.0 Å². The van der Waals surface area contributed by atoms with Crippen LogP contribution in [-0.4, -0.2) is 23.6 Å². The number of fused-ring (bicyclic) bond motifs is 1. The van der Waals surface area contributed by atoms with Crippen LogP contribution in [-0.2, 0) is 10.0 Å². The van der Waals surface area contributed by atoms with Gasteiger partial charge in [-0.3, -0.25) is 9.82 Å². The summed E-state index contributed by atoms with van der Waals surface area (Å²) < 4.78 is 28.6. The monoisotopic (exact) mass is 425 g/mol. The van der Waals surface area contributed by atoms with Gasteiger partial charge in [-0.25, -0.2) is 13.4 Å². The van der Waals surface area contributed by atoms with Crippen LogP contribution in [0.1, 0.15) is 5.56 Å². The molecule has 0 fully saturated rings. The second kappa shape index (κ2) is 7.64. The van der Waals surface area contributed by atoms with E-state index in [1.165, 1.54) is 30.2 Å². The Morgan fingerprint density at radius 2 is 1.79 bits per heavy atom. The van der Waals surface area contributed by atoms with Gasteiger partial charge in [-0.1, -0.05) is 36.4 Å². The number of hydrogen-bond acceptors (Lipinski definition) is 7. The average molecular weight is 425 g/mol. The number of aromatic amines is 1. The molecule has 4 aromatic rings. The summed E-state index contributed by atoms with van der Waals surface area (Å²) in [5, 5.41) is 11.7. The minimum Gasteiger partial charge on any atom is -0.279 e. The molecule has 0 saturated carbocycles. The van der Waals surface area contributed by atoms with Gasteiger partial charge in [0.25, 0.3) is 10.0 Å². The van der Waals surface area contributed by atoms with Crippen molar-refractivity contribution >= 4 is 43.9 Å². The number of aromatic nitrogens is 3. The fourth-order valence-corrected chi connectivity index (χ4v) is 5.05. The lowest BCUT2D eigenvalue weighted by Crippen LogP contribution is -2.13. The predicted octanol–water partition coefficient (Wildman–Crippen LogP) is 4.62. The standard InChI is InChI=1S/C19H15N5O3S2/c1-12-13-6-2-3-7-14(13)16(10-17(12)28-19-20-11-21-22-19)24-29(26,27)18-9-5-4-8-15(18)23-25/h2-11,24H,1H3,(H,20,21,22). The predicted molar refractivity (Wildman–Crippen MR) is 112 cm³/mol. The Labute approximate surface area is 170 Å².